The molecule has 0 aromatic heterocycles. The van der Waals surface area contributed by atoms with Crippen molar-refractivity contribution >= 4 is 27.5 Å². The number of carbonyl (C=O) groups excluding carboxylic acids is 2. The van der Waals surface area contributed by atoms with Crippen LogP contribution < -0.4 is 15.4 Å². The van der Waals surface area contributed by atoms with E-state index in [1.165, 1.54) is 16.4 Å². The third-order valence-corrected chi connectivity index (χ3v) is 7.28. The third kappa shape index (κ3) is 6.30. The third-order valence-electron chi connectivity index (χ3n) is 5.24. The van der Waals surface area contributed by atoms with Crippen molar-refractivity contribution in [2.24, 2.45) is 5.92 Å². The number of carbonyl (C=O) groups is 2. The maximum Gasteiger partial charge on any atom is 0.258 e. The summed E-state index contributed by atoms with van der Waals surface area (Å²) in [6.07, 6.45) is 1.85. The molecule has 3 rings (SSSR count). The van der Waals surface area contributed by atoms with Crippen LogP contribution in [0.25, 0.3) is 0 Å². The normalized spacial score (nSPS) is 13.8. The number of ether oxygens (including phenoxy) is 1. The van der Waals surface area contributed by atoms with E-state index in [2.05, 4.69) is 10.6 Å². The second-order valence-corrected chi connectivity index (χ2v) is 10.1. The molecule has 0 bridgehead atoms. The minimum atomic E-state index is -3.54. The Balaban J connectivity index is 1.47. The Morgan fingerprint density at radius 3 is 2.44 bits per heavy atom. The molecular weight excluding hydrogens is 430 g/mol. The van der Waals surface area contributed by atoms with Crippen LogP contribution in [-0.4, -0.2) is 44.2 Å². The summed E-state index contributed by atoms with van der Waals surface area (Å²) in [6.45, 7) is 3.69. The van der Waals surface area contributed by atoms with Gasteiger partial charge in [0, 0.05) is 37.3 Å². The summed E-state index contributed by atoms with van der Waals surface area (Å²) >= 11 is 0. The molecule has 0 atom stereocenters. The SMILES string of the molecule is CC(C)N(C)S(=O)(=O)c1ccc(CNC(=O)COc2cccc(NC(=O)C3CC3)c2)cc1. The first-order valence-electron chi connectivity index (χ1n) is 10.5. The zero-order valence-electron chi connectivity index (χ0n) is 18.5. The molecule has 8 nitrogen and oxygen atoms in total. The molecule has 9 heteroatoms. The van der Waals surface area contributed by atoms with Gasteiger partial charge in [-0.2, -0.15) is 4.31 Å². The molecular formula is C23H29N3O5S. The van der Waals surface area contributed by atoms with Crippen molar-refractivity contribution in [3.63, 3.8) is 0 Å². The summed E-state index contributed by atoms with van der Waals surface area (Å²) in [5.41, 5.74) is 1.41. The number of benzene rings is 2. The molecule has 1 fully saturated rings. The highest BCUT2D eigenvalue weighted by atomic mass is 32.2. The first-order valence-corrected chi connectivity index (χ1v) is 12.0. The van der Waals surface area contributed by atoms with Gasteiger partial charge in [0.05, 0.1) is 4.90 Å². The maximum absolute atomic E-state index is 12.5. The first-order chi connectivity index (χ1) is 15.2. The summed E-state index contributed by atoms with van der Waals surface area (Å²) < 4.78 is 31.8. The lowest BCUT2D eigenvalue weighted by Gasteiger charge is -2.21. The van der Waals surface area contributed by atoms with Crippen molar-refractivity contribution in [3.8, 4) is 5.75 Å². The van der Waals surface area contributed by atoms with Crippen LogP contribution in [0.4, 0.5) is 5.69 Å². The lowest BCUT2D eigenvalue weighted by atomic mass is 10.2. The van der Waals surface area contributed by atoms with Crippen LogP contribution >= 0.6 is 0 Å². The molecule has 0 radical (unpaired) electrons. The van der Waals surface area contributed by atoms with E-state index in [4.69, 9.17) is 4.74 Å². The van der Waals surface area contributed by atoms with Crippen molar-refractivity contribution in [3.05, 3.63) is 54.1 Å². The molecule has 1 saturated carbocycles. The molecule has 2 aromatic rings. The van der Waals surface area contributed by atoms with E-state index in [0.717, 1.165) is 18.4 Å². The Bertz CT molecular complexity index is 1060. The van der Waals surface area contributed by atoms with Gasteiger partial charge in [-0.1, -0.05) is 18.2 Å². The zero-order valence-corrected chi connectivity index (χ0v) is 19.3. The Morgan fingerprint density at radius 1 is 1.12 bits per heavy atom. The largest absolute Gasteiger partial charge is 0.484 e. The zero-order chi connectivity index (χ0) is 23.3. The molecule has 0 unspecified atom stereocenters. The fourth-order valence-corrected chi connectivity index (χ4v) is 4.24. The van der Waals surface area contributed by atoms with Crippen LogP contribution in [0.1, 0.15) is 32.3 Å². The van der Waals surface area contributed by atoms with Crippen LogP contribution in [0.2, 0.25) is 0 Å². The standard InChI is InChI=1S/C23H29N3O5S/c1-16(2)26(3)32(29,30)21-11-7-17(8-12-21)14-24-22(27)15-31-20-6-4-5-19(13-20)25-23(28)18-9-10-18/h4-8,11-13,16,18H,9-10,14-15H2,1-3H3,(H,24,27)(H,25,28). The predicted molar refractivity (Wildman–Crippen MR) is 122 cm³/mol. The number of hydrogen-bond donors (Lipinski definition) is 2. The number of nitrogens with zero attached hydrogens (tertiary/aromatic N) is 1. The number of anilines is 1. The topological polar surface area (TPSA) is 105 Å². The molecule has 0 heterocycles. The Morgan fingerprint density at radius 2 is 1.81 bits per heavy atom. The predicted octanol–water partition coefficient (Wildman–Crippen LogP) is 2.76. The van der Waals surface area contributed by atoms with Crippen LogP contribution in [0, 0.1) is 5.92 Å². The number of amides is 2. The molecule has 172 valence electrons. The van der Waals surface area contributed by atoms with Crippen molar-refractivity contribution in [2.75, 3.05) is 19.0 Å². The summed E-state index contributed by atoms with van der Waals surface area (Å²) in [7, 11) is -1.99. The van der Waals surface area contributed by atoms with Gasteiger partial charge in [0.1, 0.15) is 5.75 Å². The van der Waals surface area contributed by atoms with Gasteiger partial charge in [-0.05, 0) is 56.5 Å². The van der Waals surface area contributed by atoms with Gasteiger partial charge in [-0.3, -0.25) is 9.59 Å². The van der Waals surface area contributed by atoms with E-state index < -0.39 is 10.0 Å². The highest BCUT2D eigenvalue weighted by Crippen LogP contribution is 2.30. The van der Waals surface area contributed by atoms with E-state index in [1.54, 1.807) is 43.4 Å². The van der Waals surface area contributed by atoms with Gasteiger partial charge in [0.15, 0.2) is 6.61 Å². The number of hydrogen-bond acceptors (Lipinski definition) is 5. The number of rotatable bonds is 10. The van der Waals surface area contributed by atoms with Crippen LogP contribution in [-0.2, 0) is 26.2 Å². The average molecular weight is 460 g/mol. The van der Waals surface area contributed by atoms with E-state index in [-0.39, 0.29) is 41.8 Å². The van der Waals surface area contributed by atoms with Crippen molar-refractivity contribution < 1.29 is 22.7 Å². The molecule has 2 amide bonds. The summed E-state index contributed by atoms with van der Waals surface area (Å²) in [4.78, 5) is 24.2. The maximum atomic E-state index is 12.5. The van der Waals surface area contributed by atoms with Gasteiger partial charge in [0.25, 0.3) is 5.91 Å². The molecule has 2 aromatic carbocycles. The fourth-order valence-electron chi connectivity index (χ4n) is 2.88. The summed E-state index contributed by atoms with van der Waals surface area (Å²) in [5.74, 6) is 0.288. The Kier molecular flexibility index (Phi) is 7.52. The second kappa shape index (κ2) is 10.1. The lowest BCUT2D eigenvalue weighted by molar-refractivity contribution is -0.123. The lowest BCUT2D eigenvalue weighted by Crippen LogP contribution is -2.33. The average Bonchev–Trinajstić information content (AvgIpc) is 3.62. The molecule has 0 aliphatic heterocycles. The minimum Gasteiger partial charge on any atom is -0.484 e. The Labute approximate surface area is 189 Å². The highest BCUT2D eigenvalue weighted by Gasteiger charge is 2.29. The fraction of sp³-hybridized carbons (Fsp3) is 0.391. The van der Waals surface area contributed by atoms with Crippen molar-refractivity contribution in [1.82, 2.24) is 9.62 Å². The van der Waals surface area contributed by atoms with Crippen molar-refractivity contribution in [2.45, 2.75) is 44.2 Å². The molecule has 2 N–H and O–H groups in total. The van der Waals surface area contributed by atoms with Crippen LogP contribution in [0.5, 0.6) is 5.75 Å². The minimum absolute atomic E-state index is 0.00885. The van der Waals surface area contributed by atoms with Gasteiger partial charge >= 0.3 is 0 Å². The summed E-state index contributed by atoms with van der Waals surface area (Å²) in [6, 6.07) is 13.2. The van der Waals surface area contributed by atoms with Gasteiger partial charge in [-0.15, -0.1) is 0 Å². The summed E-state index contributed by atoms with van der Waals surface area (Å²) in [5, 5.41) is 5.59. The van der Waals surface area contributed by atoms with E-state index in [0.29, 0.717) is 11.4 Å². The molecule has 1 aliphatic carbocycles. The van der Waals surface area contributed by atoms with Crippen LogP contribution in [0.3, 0.4) is 0 Å². The number of sulfonamides is 1. The molecule has 32 heavy (non-hydrogen) atoms. The Hall–Kier alpha value is -2.91. The van der Waals surface area contributed by atoms with Gasteiger partial charge in [0.2, 0.25) is 15.9 Å². The smallest absolute Gasteiger partial charge is 0.258 e. The first kappa shape index (κ1) is 23.7. The molecule has 0 spiro atoms. The van der Waals surface area contributed by atoms with E-state index in [1.807, 2.05) is 13.8 Å². The van der Waals surface area contributed by atoms with E-state index in [9.17, 15) is 18.0 Å². The van der Waals surface area contributed by atoms with Gasteiger partial charge in [-0.25, -0.2) is 8.42 Å². The highest BCUT2D eigenvalue weighted by molar-refractivity contribution is 7.89. The van der Waals surface area contributed by atoms with E-state index >= 15 is 0 Å². The second-order valence-electron chi connectivity index (χ2n) is 8.12. The quantitative estimate of drug-likeness (QED) is 0.568. The van der Waals surface area contributed by atoms with Crippen LogP contribution in [0.15, 0.2) is 53.4 Å². The van der Waals surface area contributed by atoms with Gasteiger partial charge < -0.3 is 15.4 Å². The monoisotopic (exact) mass is 459 g/mol. The number of nitrogens with one attached hydrogen (secondary N) is 2. The molecule has 0 saturated heterocycles. The van der Waals surface area contributed by atoms with Crippen molar-refractivity contribution in [1.29, 1.82) is 0 Å². The molecule has 1 aliphatic rings.